The zero-order valence-electron chi connectivity index (χ0n) is 13.0. The van der Waals surface area contributed by atoms with Gasteiger partial charge in [-0.05, 0) is 42.4 Å². The van der Waals surface area contributed by atoms with Crippen LogP contribution in [0.4, 0.5) is 13.2 Å². The van der Waals surface area contributed by atoms with Gasteiger partial charge < -0.3 is 9.12 Å². The van der Waals surface area contributed by atoms with Gasteiger partial charge in [0.05, 0.1) is 5.56 Å². The van der Waals surface area contributed by atoms with E-state index in [0.717, 1.165) is 6.07 Å². The molecular weight excluding hydrogens is 339 g/mol. The second-order valence-electron chi connectivity index (χ2n) is 5.16. The molecule has 1 unspecified atom stereocenters. The summed E-state index contributed by atoms with van der Waals surface area (Å²) in [6.07, 6.45) is -4.51. The predicted octanol–water partition coefficient (Wildman–Crippen LogP) is 3.78. The number of hydrogen-bond acceptors (Lipinski definition) is 3. The highest BCUT2D eigenvalue weighted by Crippen LogP contribution is 2.32. The maximum absolute atomic E-state index is 12.9. The average molecular weight is 353 g/mol. The smallest absolute Gasteiger partial charge is 0.433 e. The van der Waals surface area contributed by atoms with Crippen molar-refractivity contribution in [3.8, 4) is 11.4 Å². The van der Waals surface area contributed by atoms with E-state index in [4.69, 9.17) is 0 Å². The molecule has 8 heteroatoms. The lowest BCUT2D eigenvalue weighted by atomic mass is 10.2. The fourth-order valence-corrected chi connectivity index (χ4v) is 3.41. The topological polar surface area (TPSA) is 53.8 Å². The maximum Gasteiger partial charge on any atom is 0.433 e. The van der Waals surface area contributed by atoms with E-state index in [9.17, 15) is 17.7 Å². The Balaban J connectivity index is 2.20. The Morgan fingerprint density at radius 3 is 2.50 bits per heavy atom. The van der Waals surface area contributed by atoms with E-state index in [1.54, 1.807) is 38.2 Å². The van der Waals surface area contributed by atoms with E-state index >= 15 is 0 Å². The van der Waals surface area contributed by atoms with E-state index < -0.39 is 23.0 Å². The number of imidazole rings is 1. The van der Waals surface area contributed by atoms with Gasteiger partial charge in [-0.15, -0.1) is 0 Å². The van der Waals surface area contributed by atoms with Crippen molar-refractivity contribution in [2.75, 3.05) is 5.75 Å². The Labute approximate surface area is 139 Å². The molecule has 1 atom stereocenters. The molecule has 2 heterocycles. The molecule has 0 saturated carbocycles. The molecular formula is C16H14F3N3OS. The van der Waals surface area contributed by atoms with Gasteiger partial charge in [-0.2, -0.15) is 13.2 Å². The summed E-state index contributed by atoms with van der Waals surface area (Å²) in [6.45, 7) is 1.80. The first-order chi connectivity index (χ1) is 11.3. The van der Waals surface area contributed by atoms with Crippen LogP contribution in [0.1, 0.15) is 12.6 Å². The molecule has 0 radical (unpaired) electrons. The molecule has 0 spiro atoms. The molecule has 0 amide bonds. The van der Waals surface area contributed by atoms with Gasteiger partial charge in [-0.1, -0.05) is 12.1 Å². The Morgan fingerprint density at radius 2 is 1.83 bits per heavy atom. The number of fused-ring (bicyclic) bond motifs is 1. The Kier molecular flexibility index (Phi) is 4.27. The molecule has 0 bridgehead atoms. The minimum atomic E-state index is -4.51. The van der Waals surface area contributed by atoms with Crippen molar-refractivity contribution in [3.63, 3.8) is 0 Å². The number of pyridine rings is 1. The number of hydrogen-bond donors (Lipinski definition) is 0. The molecule has 24 heavy (non-hydrogen) atoms. The molecule has 2 aromatic heterocycles. The molecule has 0 N–H and O–H groups in total. The molecule has 3 rings (SSSR count). The zero-order valence-corrected chi connectivity index (χ0v) is 13.8. The summed E-state index contributed by atoms with van der Waals surface area (Å²) >= 11 is -1.20. The number of alkyl halides is 3. The van der Waals surface area contributed by atoms with Gasteiger partial charge >= 0.3 is 6.18 Å². The van der Waals surface area contributed by atoms with E-state index in [0.29, 0.717) is 27.6 Å². The van der Waals surface area contributed by atoms with Crippen LogP contribution in [0.5, 0.6) is 0 Å². The van der Waals surface area contributed by atoms with Crippen LogP contribution in [-0.2, 0) is 24.4 Å². The second kappa shape index (κ2) is 6.10. The fraction of sp³-hybridized carbons (Fsp3) is 0.250. The standard InChI is InChI=1S/C16H14F3N3OS/c1-3-24(23)12-7-5-4-6-10(12)14-20-11-8-9-13(16(17,18)19)21-15(11)22(14)2/h4-9H,3H2,1-2H3. The van der Waals surface area contributed by atoms with Crippen molar-refractivity contribution in [2.45, 2.75) is 18.0 Å². The Bertz CT molecular complexity index is 892. The van der Waals surface area contributed by atoms with Crippen LogP contribution >= 0.6 is 0 Å². The quantitative estimate of drug-likeness (QED) is 0.674. The number of benzene rings is 1. The molecule has 0 aliphatic heterocycles. The maximum atomic E-state index is 12.9. The SMILES string of the molecule is CC[S+]([O-])c1ccccc1-c1nc2ccc(C(F)(F)F)nc2n1C. The Hall–Kier alpha value is -2.06. The summed E-state index contributed by atoms with van der Waals surface area (Å²) in [5.41, 5.74) is 0.163. The van der Waals surface area contributed by atoms with Gasteiger partial charge in [0.1, 0.15) is 22.8 Å². The fourth-order valence-electron chi connectivity index (χ4n) is 2.47. The van der Waals surface area contributed by atoms with Gasteiger partial charge in [-0.25, -0.2) is 9.97 Å². The lowest BCUT2D eigenvalue weighted by molar-refractivity contribution is -0.141. The lowest BCUT2D eigenvalue weighted by Gasteiger charge is -2.12. The first-order valence-electron chi connectivity index (χ1n) is 7.21. The number of halogens is 3. The summed E-state index contributed by atoms with van der Waals surface area (Å²) in [5.74, 6) is 0.881. The van der Waals surface area contributed by atoms with Gasteiger partial charge in [-0.3, -0.25) is 0 Å². The minimum absolute atomic E-state index is 0.136. The van der Waals surface area contributed by atoms with Crippen LogP contribution in [0, 0.1) is 0 Å². The summed E-state index contributed by atoms with van der Waals surface area (Å²) in [6, 6.07) is 9.26. The van der Waals surface area contributed by atoms with Crippen LogP contribution in [0.3, 0.4) is 0 Å². The summed E-state index contributed by atoms with van der Waals surface area (Å²) in [5, 5.41) is 0. The second-order valence-corrected chi connectivity index (χ2v) is 6.87. The molecule has 0 saturated heterocycles. The van der Waals surface area contributed by atoms with E-state index in [1.807, 2.05) is 0 Å². The van der Waals surface area contributed by atoms with Gasteiger partial charge in [0.25, 0.3) is 0 Å². The van der Waals surface area contributed by atoms with Crippen molar-refractivity contribution in [2.24, 2.45) is 7.05 Å². The third-order valence-electron chi connectivity index (χ3n) is 3.64. The van der Waals surface area contributed by atoms with E-state index in [-0.39, 0.29) is 5.65 Å². The van der Waals surface area contributed by atoms with E-state index in [2.05, 4.69) is 9.97 Å². The highest BCUT2D eigenvalue weighted by Gasteiger charge is 2.33. The summed E-state index contributed by atoms with van der Waals surface area (Å²) in [7, 11) is 1.60. The van der Waals surface area contributed by atoms with Crippen LogP contribution in [0.2, 0.25) is 0 Å². The molecule has 4 nitrogen and oxygen atoms in total. The van der Waals surface area contributed by atoms with E-state index in [1.165, 1.54) is 10.6 Å². The van der Waals surface area contributed by atoms with Gasteiger partial charge in [0.2, 0.25) is 0 Å². The molecule has 0 aliphatic carbocycles. The summed E-state index contributed by atoms with van der Waals surface area (Å²) in [4.78, 5) is 8.67. The van der Waals surface area contributed by atoms with Crippen molar-refractivity contribution >= 4 is 22.3 Å². The molecule has 0 fully saturated rings. The van der Waals surface area contributed by atoms with Crippen LogP contribution in [-0.4, -0.2) is 24.8 Å². The van der Waals surface area contributed by atoms with Gasteiger partial charge in [0, 0.05) is 7.05 Å². The zero-order chi connectivity index (χ0) is 17.5. The molecule has 126 valence electrons. The molecule has 3 aromatic rings. The van der Waals surface area contributed by atoms with Gasteiger partial charge in [0.15, 0.2) is 10.5 Å². The van der Waals surface area contributed by atoms with Crippen molar-refractivity contribution in [1.82, 2.24) is 14.5 Å². The minimum Gasteiger partial charge on any atom is -0.611 e. The molecule has 1 aromatic carbocycles. The molecule has 0 aliphatic rings. The first-order valence-corrected chi connectivity index (χ1v) is 8.53. The largest absolute Gasteiger partial charge is 0.611 e. The number of rotatable bonds is 3. The highest BCUT2D eigenvalue weighted by molar-refractivity contribution is 7.91. The lowest BCUT2D eigenvalue weighted by Crippen LogP contribution is -2.09. The highest BCUT2D eigenvalue weighted by atomic mass is 32.2. The average Bonchev–Trinajstić information content (AvgIpc) is 2.89. The predicted molar refractivity (Wildman–Crippen MR) is 85.9 cm³/mol. The number of nitrogens with zero attached hydrogens (tertiary/aromatic N) is 3. The van der Waals surface area contributed by atoms with Crippen LogP contribution in [0.25, 0.3) is 22.6 Å². The first kappa shape index (κ1) is 16.8. The van der Waals surface area contributed by atoms with Crippen LogP contribution in [0.15, 0.2) is 41.3 Å². The monoisotopic (exact) mass is 353 g/mol. The number of aromatic nitrogens is 3. The number of aryl methyl sites for hydroxylation is 1. The van der Waals surface area contributed by atoms with Crippen molar-refractivity contribution in [1.29, 1.82) is 0 Å². The third kappa shape index (κ3) is 2.87. The van der Waals surface area contributed by atoms with Crippen molar-refractivity contribution in [3.05, 3.63) is 42.1 Å². The normalized spacial score (nSPS) is 13.4. The van der Waals surface area contributed by atoms with Crippen LogP contribution < -0.4 is 0 Å². The third-order valence-corrected chi connectivity index (χ3v) is 5.01. The van der Waals surface area contributed by atoms with Crippen molar-refractivity contribution < 1.29 is 17.7 Å². The summed E-state index contributed by atoms with van der Waals surface area (Å²) < 4.78 is 52.3. The Morgan fingerprint density at radius 1 is 1.12 bits per heavy atom.